The van der Waals surface area contributed by atoms with Gasteiger partial charge in [0.25, 0.3) is 10.0 Å². The topological polar surface area (TPSA) is 74.9 Å². The number of fused-ring (bicyclic) bond motifs is 1. The third-order valence-electron chi connectivity index (χ3n) is 3.43. The van der Waals surface area contributed by atoms with Crippen LogP contribution in [0.5, 0.6) is 0 Å². The standard InChI is InChI=1S/C16H13N3O2S/c1-19-9-8-12-10-14(6-7-15(12)19)18-22(20,21)16-5-3-2-4-13(16)11-17/h2-10,18H,1H3. The number of nitrogens with one attached hydrogen (secondary N) is 1. The molecule has 0 aliphatic heterocycles. The predicted molar refractivity (Wildman–Crippen MR) is 84.9 cm³/mol. The first-order valence-corrected chi connectivity index (χ1v) is 8.06. The monoisotopic (exact) mass is 311 g/mol. The van der Waals surface area contributed by atoms with Crippen molar-refractivity contribution < 1.29 is 8.42 Å². The van der Waals surface area contributed by atoms with Gasteiger partial charge in [-0.15, -0.1) is 0 Å². The summed E-state index contributed by atoms with van der Waals surface area (Å²) in [5.41, 5.74) is 1.60. The molecule has 22 heavy (non-hydrogen) atoms. The third kappa shape index (κ3) is 2.43. The Morgan fingerprint density at radius 1 is 1.14 bits per heavy atom. The molecule has 1 aromatic heterocycles. The van der Waals surface area contributed by atoms with Crippen LogP contribution in [0.25, 0.3) is 10.9 Å². The Balaban J connectivity index is 2.01. The van der Waals surface area contributed by atoms with E-state index in [2.05, 4.69) is 4.72 Å². The first-order chi connectivity index (χ1) is 10.5. The van der Waals surface area contributed by atoms with Crippen molar-refractivity contribution in [2.24, 2.45) is 7.05 Å². The molecule has 0 saturated carbocycles. The van der Waals surface area contributed by atoms with Crippen LogP contribution in [0.4, 0.5) is 5.69 Å². The molecule has 6 heteroatoms. The molecule has 3 rings (SSSR count). The van der Waals surface area contributed by atoms with Gasteiger partial charge in [0.1, 0.15) is 11.0 Å². The van der Waals surface area contributed by atoms with Crippen molar-refractivity contribution in [2.45, 2.75) is 4.90 Å². The second-order valence-corrected chi connectivity index (χ2v) is 6.56. The first-order valence-electron chi connectivity index (χ1n) is 6.58. The molecule has 1 N–H and O–H groups in total. The highest BCUT2D eigenvalue weighted by atomic mass is 32.2. The first kappa shape index (κ1) is 14.2. The van der Waals surface area contributed by atoms with Gasteiger partial charge in [0.15, 0.2) is 0 Å². The van der Waals surface area contributed by atoms with E-state index in [9.17, 15) is 8.42 Å². The quantitative estimate of drug-likeness (QED) is 0.808. The average Bonchev–Trinajstić information content (AvgIpc) is 2.87. The van der Waals surface area contributed by atoms with Crippen molar-refractivity contribution in [1.82, 2.24) is 4.57 Å². The fraction of sp³-hybridized carbons (Fsp3) is 0.0625. The Hall–Kier alpha value is -2.78. The Bertz CT molecular complexity index is 998. The van der Waals surface area contributed by atoms with E-state index in [1.165, 1.54) is 12.1 Å². The normalized spacial score (nSPS) is 11.3. The molecular formula is C16H13N3O2S. The second kappa shape index (κ2) is 5.20. The number of rotatable bonds is 3. The van der Waals surface area contributed by atoms with Gasteiger partial charge >= 0.3 is 0 Å². The average molecular weight is 311 g/mol. The van der Waals surface area contributed by atoms with Crippen molar-refractivity contribution in [3.63, 3.8) is 0 Å². The van der Waals surface area contributed by atoms with Gasteiger partial charge in [-0.2, -0.15) is 5.26 Å². The van der Waals surface area contributed by atoms with Crippen molar-refractivity contribution >= 4 is 26.6 Å². The van der Waals surface area contributed by atoms with E-state index in [0.29, 0.717) is 5.69 Å². The maximum Gasteiger partial charge on any atom is 0.263 e. The minimum Gasteiger partial charge on any atom is -0.351 e. The van der Waals surface area contributed by atoms with E-state index in [0.717, 1.165) is 10.9 Å². The fourth-order valence-corrected chi connectivity index (χ4v) is 3.56. The van der Waals surface area contributed by atoms with Gasteiger partial charge < -0.3 is 4.57 Å². The molecule has 0 aliphatic rings. The van der Waals surface area contributed by atoms with Gasteiger partial charge in [-0.3, -0.25) is 4.72 Å². The molecular weight excluding hydrogens is 298 g/mol. The highest BCUT2D eigenvalue weighted by molar-refractivity contribution is 7.92. The maximum absolute atomic E-state index is 12.5. The fourth-order valence-electron chi connectivity index (χ4n) is 2.35. The minimum atomic E-state index is -3.80. The number of aryl methyl sites for hydroxylation is 1. The van der Waals surface area contributed by atoms with Crippen LogP contribution in [0, 0.1) is 11.3 Å². The number of hydrogen-bond donors (Lipinski definition) is 1. The number of anilines is 1. The van der Waals surface area contributed by atoms with Crippen LogP contribution in [0.15, 0.2) is 59.6 Å². The molecule has 110 valence electrons. The predicted octanol–water partition coefficient (Wildman–Crippen LogP) is 2.85. The molecule has 0 atom stereocenters. The van der Waals surface area contributed by atoms with Gasteiger partial charge in [-0.1, -0.05) is 12.1 Å². The summed E-state index contributed by atoms with van der Waals surface area (Å²) in [5, 5.41) is 9.99. The SMILES string of the molecule is Cn1ccc2cc(NS(=O)(=O)c3ccccc3C#N)ccc21. The Labute approximate surface area is 128 Å². The molecule has 0 amide bonds. The lowest BCUT2D eigenvalue weighted by Gasteiger charge is -2.09. The second-order valence-electron chi connectivity index (χ2n) is 4.91. The maximum atomic E-state index is 12.5. The summed E-state index contributed by atoms with van der Waals surface area (Å²) in [7, 11) is -1.87. The van der Waals surface area contributed by atoms with E-state index in [4.69, 9.17) is 5.26 Å². The van der Waals surface area contributed by atoms with Gasteiger partial charge in [0.2, 0.25) is 0 Å². The van der Waals surface area contributed by atoms with Crippen LogP contribution in [0.2, 0.25) is 0 Å². The molecule has 5 nitrogen and oxygen atoms in total. The number of aromatic nitrogens is 1. The van der Waals surface area contributed by atoms with Crippen molar-refractivity contribution in [1.29, 1.82) is 5.26 Å². The van der Waals surface area contributed by atoms with Crippen LogP contribution in [0.1, 0.15) is 5.56 Å². The Morgan fingerprint density at radius 2 is 1.91 bits per heavy atom. The lowest BCUT2D eigenvalue weighted by molar-refractivity contribution is 0.601. The van der Waals surface area contributed by atoms with Crippen molar-refractivity contribution in [3.05, 3.63) is 60.3 Å². The van der Waals surface area contributed by atoms with Crippen molar-refractivity contribution in [3.8, 4) is 6.07 Å². The summed E-state index contributed by atoms with van der Waals surface area (Å²) in [5.74, 6) is 0. The molecule has 0 saturated heterocycles. The molecule has 0 aliphatic carbocycles. The molecule has 0 bridgehead atoms. The van der Waals surface area contributed by atoms with Gasteiger partial charge in [-0.25, -0.2) is 8.42 Å². The molecule has 1 heterocycles. The summed E-state index contributed by atoms with van der Waals surface area (Å²) in [6, 6.07) is 15.3. The smallest absolute Gasteiger partial charge is 0.263 e. The summed E-state index contributed by atoms with van der Waals surface area (Å²) in [6.07, 6.45) is 1.91. The molecule has 2 aromatic carbocycles. The van der Waals surface area contributed by atoms with Crippen LogP contribution >= 0.6 is 0 Å². The van der Waals surface area contributed by atoms with E-state index < -0.39 is 10.0 Å². The summed E-state index contributed by atoms with van der Waals surface area (Å²) in [4.78, 5) is -0.0225. The highest BCUT2D eigenvalue weighted by Crippen LogP contribution is 2.23. The zero-order valence-electron chi connectivity index (χ0n) is 11.8. The van der Waals surface area contributed by atoms with Gasteiger partial charge in [-0.05, 0) is 36.4 Å². The lowest BCUT2D eigenvalue weighted by atomic mass is 10.2. The van der Waals surface area contributed by atoms with Crippen molar-refractivity contribution in [2.75, 3.05) is 4.72 Å². The molecule has 3 aromatic rings. The summed E-state index contributed by atoms with van der Waals surface area (Å²) < 4.78 is 29.4. The third-order valence-corrected chi connectivity index (χ3v) is 4.87. The summed E-state index contributed by atoms with van der Waals surface area (Å²) >= 11 is 0. The highest BCUT2D eigenvalue weighted by Gasteiger charge is 2.18. The zero-order valence-corrected chi connectivity index (χ0v) is 12.6. The molecule has 0 fully saturated rings. The van der Waals surface area contributed by atoms with E-state index in [1.807, 2.05) is 36.0 Å². The Kier molecular flexibility index (Phi) is 3.35. The van der Waals surface area contributed by atoms with E-state index >= 15 is 0 Å². The minimum absolute atomic E-state index is 0.0225. The molecule has 0 unspecified atom stereocenters. The number of sulfonamides is 1. The van der Waals surface area contributed by atoms with Crippen LogP contribution in [0.3, 0.4) is 0 Å². The van der Waals surface area contributed by atoms with Gasteiger partial charge in [0.05, 0.1) is 5.56 Å². The van der Waals surface area contributed by atoms with Crippen LogP contribution < -0.4 is 4.72 Å². The molecule has 0 radical (unpaired) electrons. The number of benzene rings is 2. The van der Waals surface area contributed by atoms with E-state index in [1.54, 1.807) is 24.3 Å². The number of hydrogen-bond acceptors (Lipinski definition) is 3. The largest absolute Gasteiger partial charge is 0.351 e. The number of nitriles is 1. The lowest BCUT2D eigenvalue weighted by Crippen LogP contribution is -2.14. The van der Waals surface area contributed by atoms with E-state index in [-0.39, 0.29) is 10.5 Å². The Morgan fingerprint density at radius 3 is 2.68 bits per heavy atom. The zero-order chi connectivity index (χ0) is 15.7. The van der Waals surface area contributed by atoms with Gasteiger partial charge in [0, 0.05) is 29.8 Å². The summed E-state index contributed by atoms with van der Waals surface area (Å²) in [6.45, 7) is 0. The number of nitrogens with zero attached hydrogens (tertiary/aromatic N) is 2. The van der Waals surface area contributed by atoms with Crippen LogP contribution in [-0.4, -0.2) is 13.0 Å². The van der Waals surface area contributed by atoms with Crippen LogP contribution in [-0.2, 0) is 17.1 Å². The molecule has 0 spiro atoms.